The fourth-order valence-electron chi connectivity index (χ4n) is 4.77. The van der Waals surface area contributed by atoms with E-state index in [1.807, 2.05) is 84.7 Å². The van der Waals surface area contributed by atoms with Crippen molar-refractivity contribution in [3.05, 3.63) is 83.9 Å². The monoisotopic (exact) mass is 486 g/mol. The van der Waals surface area contributed by atoms with Gasteiger partial charge in [-0.3, -0.25) is 14.4 Å². The molecule has 7 heteroatoms. The van der Waals surface area contributed by atoms with Crippen LogP contribution in [0, 0.1) is 0 Å². The van der Waals surface area contributed by atoms with Gasteiger partial charge in [0.15, 0.2) is 0 Å². The van der Waals surface area contributed by atoms with E-state index < -0.39 is 12.1 Å². The third-order valence-electron chi connectivity index (χ3n) is 7.01. The summed E-state index contributed by atoms with van der Waals surface area (Å²) in [6, 6.07) is 22.4. The second kappa shape index (κ2) is 11.8. The minimum Gasteiger partial charge on any atom is -0.347 e. The predicted molar refractivity (Wildman–Crippen MR) is 141 cm³/mol. The van der Waals surface area contributed by atoms with Crippen LogP contribution < -0.4 is 5.32 Å². The summed E-state index contributed by atoms with van der Waals surface area (Å²) in [6.45, 7) is 2.88. The molecule has 1 N–H and O–H groups in total. The first-order valence-electron chi connectivity index (χ1n) is 12.4. The first-order chi connectivity index (χ1) is 17.5. The second-order valence-electron chi connectivity index (χ2n) is 9.51. The van der Waals surface area contributed by atoms with Crippen LogP contribution in [0.5, 0.6) is 0 Å². The van der Waals surface area contributed by atoms with E-state index in [0.29, 0.717) is 32.3 Å². The molecule has 36 heavy (non-hydrogen) atoms. The summed E-state index contributed by atoms with van der Waals surface area (Å²) in [4.78, 5) is 44.4. The minimum absolute atomic E-state index is 0.0571. The molecule has 1 aliphatic heterocycles. The summed E-state index contributed by atoms with van der Waals surface area (Å²) in [5.41, 5.74) is 1.93. The Kier molecular flexibility index (Phi) is 8.33. The molecule has 0 aliphatic carbocycles. The molecule has 7 nitrogen and oxygen atoms in total. The van der Waals surface area contributed by atoms with Crippen LogP contribution in [0.4, 0.5) is 0 Å². The van der Waals surface area contributed by atoms with Crippen LogP contribution in [-0.2, 0) is 27.2 Å². The number of hydrogen-bond donors (Lipinski definition) is 1. The first kappa shape index (κ1) is 25.4. The zero-order valence-electron chi connectivity index (χ0n) is 21.0. The van der Waals surface area contributed by atoms with Gasteiger partial charge in [-0.25, -0.2) is 0 Å². The smallest absolute Gasteiger partial charge is 0.245 e. The number of benzene rings is 3. The van der Waals surface area contributed by atoms with E-state index >= 15 is 0 Å². The molecule has 1 aliphatic rings. The van der Waals surface area contributed by atoms with Gasteiger partial charge in [0.05, 0.1) is 0 Å². The SMILES string of the molecule is CN1CCN(C(=O)C(Cc2ccccc2)N(C)C(=O)C(Cc2ccc3ccccc3c2)NC=O)CC1. The number of piperazine rings is 1. The molecule has 0 aromatic heterocycles. The summed E-state index contributed by atoms with van der Waals surface area (Å²) >= 11 is 0. The Labute approximate surface area is 212 Å². The quantitative estimate of drug-likeness (QED) is 0.472. The highest BCUT2D eigenvalue weighted by Gasteiger charge is 2.34. The van der Waals surface area contributed by atoms with Crippen molar-refractivity contribution >= 4 is 29.0 Å². The van der Waals surface area contributed by atoms with E-state index in [4.69, 9.17) is 0 Å². The Morgan fingerprint density at radius 3 is 2.25 bits per heavy atom. The van der Waals surface area contributed by atoms with E-state index in [-0.39, 0.29) is 11.8 Å². The number of carbonyl (C=O) groups excluding carboxylic acids is 3. The molecule has 2 atom stereocenters. The molecule has 3 amide bonds. The third-order valence-corrected chi connectivity index (χ3v) is 7.01. The van der Waals surface area contributed by atoms with Crippen LogP contribution in [-0.4, -0.2) is 85.3 Å². The molecular weight excluding hydrogens is 452 g/mol. The summed E-state index contributed by atoms with van der Waals surface area (Å²) in [6.07, 6.45) is 1.32. The summed E-state index contributed by atoms with van der Waals surface area (Å²) in [7, 11) is 3.71. The normalized spacial score (nSPS) is 15.8. The fourth-order valence-corrected chi connectivity index (χ4v) is 4.77. The lowest BCUT2D eigenvalue weighted by molar-refractivity contribution is -0.146. The van der Waals surface area contributed by atoms with E-state index in [1.165, 1.54) is 4.90 Å². The van der Waals surface area contributed by atoms with Crippen molar-refractivity contribution < 1.29 is 14.4 Å². The fraction of sp³-hybridized carbons (Fsp3) is 0.345. The molecule has 0 spiro atoms. The molecule has 4 rings (SSSR count). The highest BCUT2D eigenvalue weighted by atomic mass is 16.2. The molecule has 188 valence electrons. The first-order valence-corrected chi connectivity index (χ1v) is 12.4. The van der Waals surface area contributed by atoms with Gasteiger partial charge in [0, 0.05) is 46.1 Å². The van der Waals surface area contributed by atoms with E-state index in [2.05, 4.69) is 10.2 Å². The average Bonchev–Trinajstić information content (AvgIpc) is 2.91. The Bertz CT molecular complexity index is 1190. The lowest BCUT2D eigenvalue weighted by atomic mass is 9.99. The number of nitrogens with zero attached hydrogens (tertiary/aromatic N) is 3. The number of hydrogen-bond acceptors (Lipinski definition) is 4. The van der Waals surface area contributed by atoms with Crippen LogP contribution in [0.1, 0.15) is 11.1 Å². The van der Waals surface area contributed by atoms with E-state index in [9.17, 15) is 14.4 Å². The average molecular weight is 487 g/mol. The number of rotatable bonds is 9. The lowest BCUT2D eigenvalue weighted by Crippen LogP contribution is -2.58. The Balaban J connectivity index is 1.56. The van der Waals surface area contributed by atoms with Crippen LogP contribution in [0.2, 0.25) is 0 Å². The van der Waals surface area contributed by atoms with Gasteiger partial charge in [-0.05, 0) is 28.9 Å². The van der Waals surface area contributed by atoms with Gasteiger partial charge in [0.2, 0.25) is 18.2 Å². The maximum absolute atomic E-state index is 13.7. The molecule has 0 saturated carbocycles. The van der Waals surface area contributed by atoms with Gasteiger partial charge in [-0.15, -0.1) is 0 Å². The van der Waals surface area contributed by atoms with Crippen molar-refractivity contribution in [1.29, 1.82) is 0 Å². The van der Waals surface area contributed by atoms with E-state index in [1.54, 1.807) is 7.05 Å². The zero-order valence-corrected chi connectivity index (χ0v) is 21.0. The minimum atomic E-state index is -0.771. The van der Waals surface area contributed by atoms with Crippen molar-refractivity contribution in [2.24, 2.45) is 0 Å². The number of nitrogens with one attached hydrogen (secondary N) is 1. The molecule has 0 bridgehead atoms. The van der Waals surface area contributed by atoms with Crippen molar-refractivity contribution in [3.63, 3.8) is 0 Å². The number of amides is 3. The highest BCUT2D eigenvalue weighted by Crippen LogP contribution is 2.19. The van der Waals surface area contributed by atoms with Crippen LogP contribution >= 0.6 is 0 Å². The van der Waals surface area contributed by atoms with Gasteiger partial charge in [-0.2, -0.15) is 0 Å². The van der Waals surface area contributed by atoms with Crippen molar-refractivity contribution in [2.75, 3.05) is 40.3 Å². The standard InChI is InChI=1S/C29H34N4O3/c1-31-14-16-33(17-15-31)29(36)27(20-22-8-4-3-5-9-22)32(2)28(35)26(30-21-34)19-23-12-13-24-10-6-7-11-25(24)18-23/h3-13,18,21,26-27H,14-17,19-20H2,1-2H3,(H,30,34). The molecule has 1 heterocycles. The van der Waals surface area contributed by atoms with Gasteiger partial charge in [0.25, 0.3) is 0 Å². The zero-order chi connectivity index (χ0) is 25.5. The van der Waals surface area contributed by atoms with Gasteiger partial charge >= 0.3 is 0 Å². The number of carbonyl (C=O) groups is 3. The molecule has 1 saturated heterocycles. The molecule has 1 fully saturated rings. The van der Waals surface area contributed by atoms with E-state index in [0.717, 1.165) is 35.0 Å². The molecule has 2 unspecified atom stereocenters. The lowest BCUT2D eigenvalue weighted by Gasteiger charge is -2.38. The largest absolute Gasteiger partial charge is 0.347 e. The van der Waals surface area contributed by atoms with Crippen molar-refractivity contribution in [2.45, 2.75) is 24.9 Å². The Morgan fingerprint density at radius 1 is 0.889 bits per heavy atom. The maximum Gasteiger partial charge on any atom is 0.245 e. The van der Waals surface area contributed by atoms with Crippen LogP contribution in [0.3, 0.4) is 0 Å². The van der Waals surface area contributed by atoms with Crippen LogP contribution in [0.15, 0.2) is 72.8 Å². The van der Waals surface area contributed by atoms with Gasteiger partial charge in [-0.1, -0.05) is 72.8 Å². The maximum atomic E-state index is 13.7. The van der Waals surface area contributed by atoms with Crippen LogP contribution in [0.25, 0.3) is 10.8 Å². The third kappa shape index (κ3) is 6.10. The highest BCUT2D eigenvalue weighted by molar-refractivity contribution is 5.91. The second-order valence-corrected chi connectivity index (χ2v) is 9.51. The molecule has 3 aromatic carbocycles. The molecule has 3 aromatic rings. The Hall–Kier alpha value is -3.71. The van der Waals surface area contributed by atoms with Gasteiger partial charge < -0.3 is 20.0 Å². The number of fused-ring (bicyclic) bond motifs is 1. The molecule has 0 radical (unpaired) electrons. The summed E-state index contributed by atoms with van der Waals surface area (Å²) < 4.78 is 0. The predicted octanol–water partition coefficient (Wildman–Crippen LogP) is 2.34. The summed E-state index contributed by atoms with van der Waals surface area (Å²) in [5, 5.41) is 4.89. The summed E-state index contributed by atoms with van der Waals surface area (Å²) in [5.74, 6) is -0.336. The van der Waals surface area contributed by atoms with Gasteiger partial charge in [0.1, 0.15) is 12.1 Å². The Morgan fingerprint density at radius 2 is 1.56 bits per heavy atom. The molecular formula is C29H34N4O3. The van der Waals surface area contributed by atoms with Crippen molar-refractivity contribution in [3.8, 4) is 0 Å². The number of likely N-dealkylation sites (N-methyl/N-ethyl adjacent to an activating group) is 2. The van der Waals surface area contributed by atoms with Crippen molar-refractivity contribution in [1.82, 2.24) is 20.0 Å². The topological polar surface area (TPSA) is 73.0 Å².